The van der Waals surface area contributed by atoms with E-state index in [-0.39, 0.29) is 17.1 Å². The molecule has 0 fully saturated rings. The molecule has 0 aliphatic rings. The second-order valence-corrected chi connectivity index (χ2v) is 4.62. The monoisotopic (exact) mass is 244 g/mol. The molecule has 1 heterocycles. The summed E-state index contributed by atoms with van der Waals surface area (Å²) in [6, 6.07) is 1.25. The van der Waals surface area contributed by atoms with Gasteiger partial charge in [-0.3, -0.25) is 14.9 Å². The molecule has 6 nitrogen and oxygen atoms in total. The number of nitrogens with zero attached hydrogens (tertiary/aromatic N) is 1. The summed E-state index contributed by atoms with van der Waals surface area (Å²) in [6.07, 6.45) is -0.639. The molecular weight excluding hydrogens is 232 g/mol. The van der Waals surface area contributed by atoms with E-state index in [9.17, 15) is 14.9 Å². The van der Waals surface area contributed by atoms with Gasteiger partial charge in [0.25, 0.3) is 11.6 Å². The summed E-state index contributed by atoms with van der Waals surface area (Å²) in [7, 11) is 0. The van der Waals surface area contributed by atoms with Gasteiger partial charge in [0.1, 0.15) is 0 Å². The van der Waals surface area contributed by atoms with Crippen molar-refractivity contribution in [3.63, 3.8) is 0 Å². The number of hydrogen-bond donors (Lipinski definition) is 2. The maximum atomic E-state index is 11.5. The van der Waals surface area contributed by atoms with E-state index in [1.54, 1.807) is 13.8 Å². The van der Waals surface area contributed by atoms with Gasteiger partial charge < -0.3 is 10.4 Å². The maximum Gasteiger partial charge on any atom is 0.283 e. The Hall–Kier alpha value is -1.47. The third kappa shape index (κ3) is 3.01. The zero-order chi connectivity index (χ0) is 12.3. The molecule has 1 rings (SSSR count). The Balaban J connectivity index is 2.77. The van der Waals surface area contributed by atoms with E-state index in [1.165, 1.54) is 6.07 Å². The zero-order valence-electron chi connectivity index (χ0n) is 8.89. The van der Waals surface area contributed by atoms with Gasteiger partial charge in [-0.15, -0.1) is 11.3 Å². The highest BCUT2D eigenvalue weighted by molar-refractivity contribution is 7.14. The van der Waals surface area contributed by atoms with Gasteiger partial charge in [-0.2, -0.15) is 0 Å². The number of aryl methyl sites for hydroxylation is 1. The average molecular weight is 244 g/mol. The fraction of sp³-hybridized carbons (Fsp3) is 0.444. The standard InChI is InChI=1S/C9H12N2O4S/c1-5(12)4-10-9(13)8-3-7(11(14)15)6(2)16-8/h3,5,12H,4H2,1-2H3,(H,10,13). The molecule has 0 aliphatic heterocycles. The van der Waals surface area contributed by atoms with Crippen LogP contribution in [0, 0.1) is 17.0 Å². The number of nitro groups is 1. The first kappa shape index (κ1) is 12.6. The Morgan fingerprint density at radius 2 is 2.38 bits per heavy atom. The number of rotatable bonds is 4. The molecule has 16 heavy (non-hydrogen) atoms. The zero-order valence-corrected chi connectivity index (χ0v) is 9.71. The van der Waals surface area contributed by atoms with Crippen LogP contribution in [0.5, 0.6) is 0 Å². The summed E-state index contributed by atoms with van der Waals surface area (Å²) in [5.41, 5.74) is -0.0489. The lowest BCUT2D eigenvalue weighted by atomic mass is 10.3. The molecule has 0 saturated heterocycles. The number of carbonyl (C=O) groups is 1. The van der Waals surface area contributed by atoms with Crippen LogP contribution in [0.25, 0.3) is 0 Å². The van der Waals surface area contributed by atoms with Crippen LogP contribution >= 0.6 is 11.3 Å². The van der Waals surface area contributed by atoms with Crippen LogP contribution in [0.2, 0.25) is 0 Å². The Morgan fingerprint density at radius 1 is 1.75 bits per heavy atom. The fourth-order valence-corrected chi connectivity index (χ4v) is 2.00. The van der Waals surface area contributed by atoms with E-state index in [0.717, 1.165) is 11.3 Å². The van der Waals surface area contributed by atoms with Gasteiger partial charge in [-0.05, 0) is 13.8 Å². The third-order valence-electron chi connectivity index (χ3n) is 1.87. The van der Waals surface area contributed by atoms with Crippen LogP contribution in [0.15, 0.2) is 6.07 Å². The smallest absolute Gasteiger partial charge is 0.283 e. The van der Waals surface area contributed by atoms with Gasteiger partial charge in [0.2, 0.25) is 0 Å². The summed E-state index contributed by atoms with van der Waals surface area (Å²) < 4.78 is 0. The molecule has 2 N–H and O–H groups in total. The molecule has 88 valence electrons. The van der Waals surface area contributed by atoms with E-state index < -0.39 is 16.9 Å². The van der Waals surface area contributed by atoms with Crippen LogP contribution in [0.4, 0.5) is 5.69 Å². The van der Waals surface area contributed by atoms with Gasteiger partial charge in [-0.25, -0.2) is 0 Å². The molecule has 1 aromatic heterocycles. The minimum Gasteiger partial charge on any atom is -0.392 e. The lowest BCUT2D eigenvalue weighted by Gasteiger charge is -2.04. The number of aliphatic hydroxyl groups is 1. The van der Waals surface area contributed by atoms with Crippen LogP contribution in [-0.2, 0) is 0 Å². The van der Waals surface area contributed by atoms with E-state index in [0.29, 0.717) is 4.88 Å². The van der Waals surface area contributed by atoms with E-state index in [4.69, 9.17) is 5.11 Å². The average Bonchev–Trinajstić information content (AvgIpc) is 2.56. The SMILES string of the molecule is Cc1sc(C(=O)NCC(C)O)cc1[N+](=O)[O-]. The van der Waals surface area contributed by atoms with Gasteiger partial charge >= 0.3 is 0 Å². The molecule has 1 amide bonds. The van der Waals surface area contributed by atoms with E-state index >= 15 is 0 Å². The van der Waals surface area contributed by atoms with Gasteiger partial charge in [0, 0.05) is 12.6 Å². The summed E-state index contributed by atoms with van der Waals surface area (Å²) in [5.74, 6) is -0.401. The molecule has 0 aliphatic carbocycles. The highest BCUT2D eigenvalue weighted by atomic mass is 32.1. The summed E-state index contributed by atoms with van der Waals surface area (Å²) in [5, 5.41) is 22.0. The van der Waals surface area contributed by atoms with E-state index in [1.807, 2.05) is 0 Å². The number of aliphatic hydroxyl groups excluding tert-OH is 1. The number of thiophene rings is 1. The Labute approximate surface area is 96.1 Å². The molecule has 0 saturated carbocycles. The van der Waals surface area contributed by atoms with Crippen LogP contribution in [0.3, 0.4) is 0 Å². The number of amides is 1. The second-order valence-electron chi connectivity index (χ2n) is 3.37. The first-order valence-corrected chi connectivity index (χ1v) is 5.44. The molecule has 1 atom stereocenters. The van der Waals surface area contributed by atoms with Gasteiger partial charge in [-0.1, -0.05) is 0 Å². The predicted octanol–water partition coefficient (Wildman–Crippen LogP) is 1.08. The normalized spacial score (nSPS) is 12.2. The van der Waals surface area contributed by atoms with Crippen molar-refractivity contribution < 1.29 is 14.8 Å². The second kappa shape index (κ2) is 5.04. The number of hydrogen-bond acceptors (Lipinski definition) is 5. The largest absolute Gasteiger partial charge is 0.392 e. The van der Waals surface area contributed by atoms with Gasteiger partial charge in [0.15, 0.2) is 0 Å². The molecule has 0 aromatic carbocycles. The van der Waals surface area contributed by atoms with Crippen LogP contribution in [0.1, 0.15) is 21.5 Å². The summed E-state index contributed by atoms with van der Waals surface area (Å²) in [6.45, 7) is 3.26. The highest BCUT2D eigenvalue weighted by Crippen LogP contribution is 2.27. The van der Waals surface area contributed by atoms with Crippen molar-refractivity contribution in [2.75, 3.05) is 6.54 Å². The molecular formula is C9H12N2O4S. The van der Waals surface area contributed by atoms with Crippen molar-refractivity contribution >= 4 is 22.9 Å². The lowest BCUT2D eigenvalue weighted by molar-refractivity contribution is -0.385. The summed E-state index contributed by atoms with van der Waals surface area (Å²) >= 11 is 1.07. The van der Waals surface area contributed by atoms with Crippen molar-refractivity contribution in [3.8, 4) is 0 Å². The van der Waals surface area contributed by atoms with E-state index in [2.05, 4.69) is 5.32 Å². The third-order valence-corrected chi connectivity index (χ3v) is 2.91. The van der Waals surface area contributed by atoms with Crippen molar-refractivity contribution in [1.82, 2.24) is 5.32 Å². The highest BCUT2D eigenvalue weighted by Gasteiger charge is 2.19. The first-order chi connectivity index (χ1) is 7.41. The minimum absolute atomic E-state index is 0.0489. The van der Waals surface area contributed by atoms with Gasteiger partial charge in [0.05, 0.1) is 20.8 Å². The maximum absolute atomic E-state index is 11.5. The van der Waals surface area contributed by atoms with Crippen molar-refractivity contribution in [3.05, 3.63) is 25.9 Å². The minimum atomic E-state index is -0.639. The van der Waals surface area contributed by atoms with Crippen LogP contribution in [-0.4, -0.2) is 28.6 Å². The molecule has 7 heteroatoms. The molecule has 1 aromatic rings. The molecule has 1 unspecified atom stereocenters. The van der Waals surface area contributed by atoms with Crippen LogP contribution < -0.4 is 5.32 Å². The number of nitrogens with one attached hydrogen (secondary N) is 1. The Morgan fingerprint density at radius 3 is 2.81 bits per heavy atom. The van der Waals surface area contributed by atoms with Crippen molar-refractivity contribution in [2.45, 2.75) is 20.0 Å². The Bertz CT molecular complexity index is 414. The quantitative estimate of drug-likeness (QED) is 0.612. The van der Waals surface area contributed by atoms with Crippen molar-refractivity contribution in [1.29, 1.82) is 0 Å². The topological polar surface area (TPSA) is 92.5 Å². The Kier molecular flexibility index (Phi) is 3.97. The molecule has 0 radical (unpaired) electrons. The summed E-state index contributed by atoms with van der Waals surface area (Å²) in [4.78, 5) is 22.3. The molecule has 0 spiro atoms. The van der Waals surface area contributed by atoms with Crippen molar-refractivity contribution in [2.24, 2.45) is 0 Å². The predicted molar refractivity (Wildman–Crippen MR) is 59.7 cm³/mol. The molecule has 0 bridgehead atoms. The lowest BCUT2D eigenvalue weighted by Crippen LogP contribution is -2.29. The fourth-order valence-electron chi connectivity index (χ4n) is 1.09. The first-order valence-electron chi connectivity index (χ1n) is 4.63. The number of carbonyl (C=O) groups excluding carboxylic acids is 1.